The SMILES string of the molecule is C=C1NC2=C(C(=O)CCC2)C(c2cccc(OC)c2OC)C1C(=O)OC. The molecule has 6 nitrogen and oxygen atoms in total. The Kier molecular flexibility index (Phi) is 5.02. The number of hydrogen-bond acceptors (Lipinski definition) is 6. The fourth-order valence-electron chi connectivity index (χ4n) is 3.89. The van der Waals surface area contributed by atoms with Gasteiger partial charge in [-0.05, 0) is 18.9 Å². The molecule has 3 rings (SSSR count). The van der Waals surface area contributed by atoms with Crippen LogP contribution in [-0.2, 0) is 14.3 Å². The Labute approximate surface area is 152 Å². The molecule has 0 saturated carbocycles. The molecule has 0 saturated heterocycles. The van der Waals surface area contributed by atoms with E-state index < -0.39 is 17.8 Å². The van der Waals surface area contributed by atoms with Gasteiger partial charge in [-0.1, -0.05) is 18.7 Å². The van der Waals surface area contributed by atoms with Gasteiger partial charge in [-0.3, -0.25) is 9.59 Å². The van der Waals surface area contributed by atoms with Gasteiger partial charge >= 0.3 is 5.97 Å². The zero-order valence-electron chi connectivity index (χ0n) is 15.3. The summed E-state index contributed by atoms with van der Waals surface area (Å²) in [6.45, 7) is 4.03. The maximum absolute atomic E-state index is 12.8. The van der Waals surface area contributed by atoms with E-state index in [4.69, 9.17) is 14.2 Å². The molecule has 1 aliphatic heterocycles. The van der Waals surface area contributed by atoms with E-state index in [1.165, 1.54) is 7.11 Å². The Morgan fingerprint density at radius 1 is 1.19 bits per heavy atom. The third-order valence-electron chi connectivity index (χ3n) is 5.01. The van der Waals surface area contributed by atoms with Gasteiger partial charge < -0.3 is 19.5 Å². The number of carbonyl (C=O) groups excluding carboxylic acids is 2. The van der Waals surface area contributed by atoms with Crippen LogP contribution in [0.15, 0.2) is 41.7 Å². The average Bonchev–Trinajstić information content (AvgIpc) is 2.65. The lowest BCUT2D eigenvalue weighted by atomic mass is 9.71. The molecule has 2 aliphatic rings. The zero-order valence-corrected chi connectivity index (χ0v) is 15.3. The predicted octanol–water partition coefficient (Wildman–Crippen LogP) is 2.70. The number of esters is 1. The van der Waals surface area contributed by atoms with Crippen LogP contribution in [0.3, 0.4) is 0 Å². The highest BCUT2D eigenvalue weighted by Crippen LogP contribution is 2.48. The summed E-state index contributed by atoms with van der Waals surface area (Å²) in [5.41, 5.74) is 2.69. The number of Topliss-reactive ketones (excluding diaryl/α,β-unsaturated/α-hetero) is 1. The maximum Gasteiger partial charge on any atom is 0.315 e. The average molecular weight is 357 g/mol. The maximum atomic E-state index is 12.8. The number of hydrogen-bond donors (Lipinski definition) is 1. The molecule has 0 spiro atoms. The minimum Gasteiger partial charge on any atom is -0.493 e. The van der Waals surface area contributed by atoms with Gasteiger partial charge in [0.25, 0.3) is 0 Å². The molecular formula is C20H23NO5. The van der Waals surface area contributed by atoms with Crippen LogP contribution in [0.25, 0.3) is 0 Å². The van der Waals surface area contributed by atoms with E-state index in [0.717, 1.165) is 18.5 Å². The summed E-state index contributed by atoms with van der Waals surface area (Å²) in [5, 5.41) is 3.17. The molecule has 2 atom stereocenters. The topological polar surface area (TPSA) is 73.9 Å². The molecule has 2 unspecified atom stereocenters. The van der Waals surface area contributed by atoms with Crippen LogP contribution in [0.1, 0.15) is 30.7 Å². The number of para-hydroxylation sites is 1. The van der Waals surface area contributed by atoms with Gasteiger partial charge in [-0.25, -0.2) is 0 Å². The lowest BCUT2D eigenvalue weighted by molar-refractivity contribution is -0.144. The van der Waals surface area contributed by atoms with Crippen molar-refractivity contribution in [1.82, 2.24) is 5.32 Å². The number of allylic oxidation sites excluding steroid dienone is 2. The first kappa shape index (κ1) is 18.0. The van der Waals surface area contributed by atoms with Crippen LogP contribution in [0, 0.1) is 5.92 Å². The molecule has 1 heterocycles. The molecule has 1 aliphatic carbocycles. The van der Waals surface area contributed by atoms with E-state index in [-0.39, 0.29) is 5.78 Å². The molecule has 6 heteroatoms. The van der Waals surface area contributed by atoms with Crippen LogP contribution in [0.2, 0.25) is 0 Å². The first-order valence-electron chi connectivity index (χ1n) is 8.54. The van der Waals surface area contributed by atoms with E-state index in [0.29, 0.717) is 34.8 Å². The molecule has 1 aromatic rings. The Bertz CT molecular complexity index is 795. The van der Waals surface area contributed by atoms with Gasteiger partial charge in [0.1, 0.15) is 5.92 Å². The second-order valence-electron chi connectivity index (χ2n) is 6.38. The molecule has 0 bridgehead atoms. The van der Waals surface area contributed by atoms with Gasteiger partial charge in [-0.15, -0.1) is 0 Å². The third kappa shape index (κ3) is 2.85. The number of ketones is 1. The van der Waals surface area contributed by atoms with Crippen molar-refractivity contribution in [3.05, 3.63) is 47.3 Å². The summed E-state index contributed by atoms with van der Waals surface area (Å²) >= 11 is 0. The third-order valence-corrected chi connectivity index (χ3v) is 5.01. The van der Waals surface area contributed by atoms with Crippen molar-refractivity contribution in [2.45, 2.75) is 25.2 Å². The van der Waals surface area contributed by atoms with Crippen LogP contribution >= 0.6 is 0 Å². The van der Waals surface area contributed by atoms with Crippen LogP contribution in [0.5, 0.6) is 11.5 Å². The highest BCUT2D eigenvalue weighted by atomic mass is 16.5. The quantitative estimate of drug-likeness (QED) is 0.835. The van der Waals surface area contributed by atoms with Gasteiger partial charge in [-0.2, -0.15) is 0 Å². The van der Waals surface area contributed by atoms with Crippen molar-refractivity contribution in [3.8, 4) is 11.5 Å². The summed E-state index contributed by atoms with van der Waals surface area (Å²) in [6.07, 6.45) is 1.99. The Morgan fingerprint density at radius 2 is 1.96 bits per heavy atom. The van der Waals surface area contributed by atoms with Crippen LogP contribution in [0.4, 0.5) is 0 Å². The summed E-state index contributed by atoms with van der Waals surface area (Å²) in [4.78, 5) is 25.3. The summed E-state index contributed by atoms with van der Waals surface area (Å²) in [7, 11) is 4.43. The Morgan fingerprint density at radius 3 is 2.62 bits per heavy atom. The van der Waals surface area contributed by atoms with Crippen molar-refractivity contribution < 1.29 is 23.8 Å². The normalized spacial score (nSPS) is 22.4. The second kappa shape index (κ2) is 7.23. The molecule has 0 radical (unpaired) electrons. The van der Waals surface area contributed by atoms with Gasteiger partial charge in [0.15, 0.2) is 17.3 Å². The van der Waals surface area contributed by atoms with Crippen molar-refractivity contribution >= 4 is 11.8 Å². The van der Waals surface area contributed by atoms with Crippen molar-refractivity contribution in [2.75, 3.05) is 21.3 Å². The number of nitrogens with one attached hydrogen (secondary N) is 1. The minimum atomic E-state index is -0.721. The second-order valence-corrected chi connectivity index (χ2v) is 6.38. The lowest BCUT2D eigenvalue weighted by Gasteiger charge is -2.38. The highest BCUT2D eigenvalue weighted by Gasteiger charge is 2.45. The fraction of sp³-hybridized carbons (Fsp3) is 0.400. The van der Waals surface area contributed by atoms with Crippen molar-refractivity contribution in [1.29, 1.82) is 0 Å². The Balaban J connectivity index is 2.26. The van der Waals surface area contributed by atoms with E-state index in [1.807, 2.05) is 12.1 Å². The van der Waals surface area contributed by atoms with Crippen molar-refractivity contribution in [3.63, 3.8) is 0 Å². The van der Waals surface area contributed by atoms with E-state index in [1.54, 1.807) is 20.3 Å². The van der Waals surface area contributed by atoms with Crippen LogP contribution < -0.4 is 14.8 Å². The first-order chi connectivity index (χ1) is 12.5. The van der Waals surface area contributed by atoms with Crippen LogP contribution in [-0.4, -0.2) is 33.1 Å². The molecule has 1 aromatic carbocycles. The first-order valence-corrected chi connectivity index (χ1v) is 8.54. The molecule has 0 fully saturated rings. The zero-order chi connectivity index (χ0) is 18.8. The minimum absolute atomic E-state index is 0.0371. The van der Waals surface area contributed by atoms with Gasteiger partial charge in [0.2, 0.25) is 0 Å². The fourth-order valence-corrected chi connectivity index (χ4v) is 3.89. The number of methoxy groups -OCH3 is 3. The smallest absolute Gasteiger partial charge is 0.315 e. The number of benzene rings is 1. The van der Waals surface area contributed by atoms with E-state index >= 15 is 0 Å². The van der Waals surface area contributed by atoms with Gasteiger partial charge in [0.05, 0.1) is 21.3 Å². The van der Waals surface area contributed by atoms with E-state index in [9.17, 15) is 9.59 Å². The Hall–Kier alpha value is -2.76. The number of rotatable bonds is 4. The summed E-state index contributed by atoms with van der Waals surface area (Å²) in [5.74, 6) is -0.597. The predicted molar refractivity (Wildman–Crippen MR) is 96.0 cm³/mol. The monoisotopic (exact) mass is 357 g/mol. The number of ether oxygens (including phenoxy) is 3. The molecule has 138 valence electrons. The summed E-state index contributed by atoms with van der Waals surface area (Å²) in [6, 6.07) is 5.46. The van der Waals surface area contributed by atoms with Crippen molar-refractivity contribution in [2.24, 2.45) is 5.92 Å². The molecule has 0 amide bonds. The lowest BCUT2D eigenvalue weighted by Crippen LogP contribution is -2.41. The van der Waals surface area contributed by atoms with Gasteiger partial charge in [0, 0.05) is 34.9 Å². The molecule has 0 aromatic heterocycles. The largest absolute Gasteiger partial charge is 0.493 e. The summed E-state index contributed by atoms with van der Waals surface area (Å²) < 4.78 is 16.0. The van der Waals surface area contributed by atoms with E-state index in [2.05, 4.69) is 11.9 Å². The molecule has 26 heavy (non-hydrogen) atoms. The highest BCUT2D eigenvalue weighted by molar-refractivity contribution is 6.00. The standard InChI is InChI=1S/C20H23NO5/c1-11-16(20(23)26-4)17(18-13(21-11)8-6-9-14(18)22)12-7-5-10-15(24-2)19(12)25-3/h5,7,10,16-17,21H,1,6,8-9H2,2-4H3. The molecule has 1 N–H and O–H groups in total. The molecular weight excluding hydrogens is 334 g/mol. The number of carbonyl (C=O) groups is 2.